The van der Waals surface area contributed by atoms with Crippen molar-refractivity contribution in [1.29, 1.82) is 0 Å². The molecule has 0 atom stereocenters. The van der Waals surface area contributed by atoms with Gasteiger partial charge in [-0.25, -0.2) is 0 Å². The maximum Gasteiger partial charge on any atom is 0.143 e. The van der Waals surface area contributed by atoms with Crippen LogP contribution in [0.15, 0.2) is 30.3 Å². The monoisotopic (exact) mass is 380 g/mol. The summed E-state index contributed by atoms with van der Waals surface area (Å²) in [6.45, 7) is 14.9. The van der Waals surface area contributed by atoms with Gasteiger partial charge in [-0.1, -0.05) is 64.4 Å². The summed E-state index contributed by atoms with van der Waals surface area (Å²) >= 11 is 0. The van der Waals surface area contributed by atoms with Crippen molar-refractivity contribution in [3.63, 3.8) is 0 Å². The smallest absolute Gasteiger partial charge is 0.143 e. The van der Waals surface area contributed by atoms with E-state index in [0.29, 0.717) is 13.2 Å². The van der Waals surface area contributed by atoms with E-state index < -0.39 is 0 Å². The van der Waals surface area contributed by atoms with E-state index in [9.17, 15) is 0 Å². The van der Waals surface area contributed by atoms with Crippen molar-refractivity contribution in [3.8, 4) is 0 Å². The lowest BCUT2D eigenvalue weighted by atomic mass is 10.2. The van der Waals surface area contributed by atoms with Gasteiger partial charge < -0.3 is 29.9 Å². The third-order valence-electron chi connectivity index (χ3n) is 1.62. The highest BCUT2D eigenvalue weighted by atomic mass is 16.6. The molecule has 4 N–H and O–H groups in total. The summed E-state index contributed by atoms with van der Waals surface area (Å²) < 4.78 is 8.78. The predicted molar refractivity (Wildman–Crippen MR) is 110 cm³/mol. The molecule has 6 nitrogen and oxygen atoms in total. The van der Waals surface area contributed by atoms with Gasteiger partial charge in [0.15, 0.2) is 0 Å². The van der Waals surface area contributed by atoms with Crippen LogP contribution in [-0.4, -0.2) is 53.8 Å². The summed E-state index contributed by atoms with van der Waals surface area (Å²) in [5, 5.41) is 31.8. The molecule has 0 aliphatic rings. The molecule has 1 rings (SSSR count). The molecular formula is C20H44O6. The molecule has 0 radical (unpaired) electrons. The summed E-state index contributed by atoms with van der Waals surface area (Å²) in [4.78, 5) is 0. The number of aliphatic hydroxyl groups is 4. The van der Waals surface area contributed by atoms with Crippen LogP contribution in [0.4, 0.5) is 0 Å². The molecule has 0 spiro atoms. The Morgan fingerprint density at radius 1 is 0.692 bits per heavy atom. The molecule has 0 aliphatic carbocycles. The molecule has 0 aromatic heterocycles. The highest BCUT2D eigenvalue weighted by Crippen LogP contribution is 1.95. The average molecular weight is 381 g/mol. The van der Waals surface area contributed by atoms with Crippen LogP contribution in [0.2, 0.25) is 0 Å². The van der Waals surface area contributed by atoms with Crippen LogP contribution in [-0.2, 0) is 16.1 Å². The van der Waals surface area contributed by atoms with E-state index >= 15 is 0 Å². The Morgan fingerprint density at radius 3 is 1.12 bits per heavy atom. The molecule has 0 fully saturated rings. The second-order valence-electron chi connectivity index (χ2n) is 3.91. The van der Waals surface area contributed by atoms with E-state index in [4.69, 9.17) is 20.4 Å². The molecule has 1 aromatic rings. The zero-order chi connectivity index (χ0) is 21.5. The minimum Gasteiger partial charge on any atom is -0.397 e. The SMILES string of the molecule is CC.CCC.CCO.CCOCO.CCOCO.OCc1ccccc1. The lowest BCUT2D eigenvalue weighted by Crippen LogP contribution is -1.88. The molecule has 160 valence electrons. The summed E-state index contributed by atoms with van der Waals surface area (Å²) in [5.74, 6) is 0. The van der Waals surface area contributed by atoms with Gasteiger partial charge in [0.2, 0.25) is 0 Å². The number of aliphatic hydroxyl groups excluding tert-OH is 4. The fourth-order valence-corrected chi connectivity index (χ4v) is 0.766. The first-order chi connectivity index (χ1) is 12.6. The maximum absolute atomic E-state index is 8.54. The minimum atomic E-state index is -0.156. The first kappa shape index (κ1) is 36.0. The van der Waals surface area contributed by atoms with Crippen molar-refractivity contribution >= 4 is 0 Å². The first-order valence-corrected chi connectivity index (χ1v) is 9.22. The molecule has 6 heteroatoms. The third kappa shape index (κ3) is 65.9. The zero-order valence-electron chi connectivity index (χ0n) is 17.9. The van der Waals surface area contributed by atoms with Crippen LogP contribution in [0.25, 0.3) is 0 Å². The van der Waals surface area contributed by atoms with E-state index in [1.807, 2.05) is 58.0 Å². The molecule has 0 bridgehead atoms. The number of hydrogen-bond donors (Lipinski definition) is 4. The molecule has 0 saturated heterocycles. The lowest BCUT2D eigenvalue weighted by Gasteiger charge is -1.89. The minimum absolute atomic E-state index is 0.140. The van der Waals surface area contributed by atoms with Crippen molar-refractivity contribution in [3.05, 3.63) is 35.9 Å². The van der Waals surface area contributed by atoms with Crippen LogP contribution in [0.5, 0.6) is 0 Å². The van der Waals surface area contributed by atoms with Crippen LogP contribution >= 0.6 is 0 Å². The van der Waals surface area contributed by atoms with Crippen LogP contribution < -0.4 is 0 Å². The Morgan fingerprint density at radius 2 is 1.00 bits per heavy atom. The number of ether oxygens (including phenoxy) is 2. The Hall–Kier alpha value is -1.02. The van der Waals surface area contributed by atoms with E-state index in [0.717, 1.165) is 5.56 Å². The number of rotatable bonds is 5. The Kier molecular flexibility index (Phi) is 68.6. The third-order valence-corrected chi connectivity index (χ3v) is 1.62. The van der Waals surface area contributed by atoms with E-state index in [1.165, 1.54) is 6.42 Å². The maximum atomic E-state index is 8.54. The molecular weight excluding hydrogens is 336 g/mol. The van der Waals surface area contributed by atoms with Gasteiger partial charge in [0.05, 0.1) is 6.61 Å². The van der Waals surface area contributed by atoms with E-state index in [-0.39, 0.29) is 26.8 Å². The van der Waals surface area contributed by atoms with Crippen molar-refractivity contribution in [2.24, 2.45) is 0 Å². The predicted octanol–water partition coefficient (Wildman–Crippen LogP) is 3.57. The van der Waals surface area contributed by atoms with Gasteiger partial charge in [0.1, 0.15) is 13.6 Å². The summed E-state index contributed by atoms with van der Waals surface area (Å²) in [7, 11) is 0. The van der Waals surface area contributed by atoms with E-state index in [1.54, 1.807) is 6.92 Å². The van der Waals surface area contributed by atoms with Crippen LogP contribution in [0, 0.1) is 0 Å². The van der Waals surface area contributed by atoms with Gasteiger partial charge in [-0.3, -0.25) is 0 Å². The van der Waals surface area contributed by atoms with E-state index in [2.05, 4.69) is 23.3 Å². The Labute approximate surface area is 161 Å². The molecule has 0 saturated carbocycles. The van der Waals surface area contributed by atoms with Crippen LogP contribution in [0.3, 0.4) is 0 Å². The molecule has 0 heterocycles. The normalized spacial score (nSPS) is 7.65. The molecule has 26 heavy (non-hydrogen) atoms. The highest BCUT2D eigenvalue weighted by molar-refractivity contribution is 5.12. The average Bonchev–Trinajstić information content (AvgIpc) is 2.68. The van der Waals surface area contributed by atoms with Gasteiger partial charge in [0, 0.05) is 19.8 Å². The lowest BCUT2D eigenvalue weighted by molar-refractivity contribution is 0.00505. The van der Waals surface area contributed by atoms with Crippen molar-refractivity contribution in [2.45, 2.75) is 61.5 Å². The van der Waals surface area contributed by atoms with Gasteiger partial charge in [-0.15, -0.1) is 0 Å². The van der Waals surface area contributed by atoms with Gasteiger partial charge in [-0.05, 0) is 26.3 Å². The molecule has 1 aromatic carbocycles. The quantitative estimate of drug-likeness (QED) is 0.583. The van der Waals surface area contributed by atoms with Gasteiger partial charge >= 0.3 is 0 Å². The summed E-state index contributed by atoms with van der Waals surface area (Å²) in [5.41, 5.74) is 0.965. The zero-order valence-corrected chi connectivity index (χ0v) is 17.9. The second kappa shape index (κ2) is 49.6. The highest BCUT2D eigenvalue weighted by Gasteiger charge is 1.81. The summed E-state index contributed by atoms with van der Waals surface area (Å²) in [6, 6.07) is 9.52. The van der Waals surface area contributed by atoms with Crippen molar-refractivity contribution in [2.75, 3.05) is 33.4 Å². The summed E-state index contributed by atoms with van der Waals surface area (Å²) in [6.07, 6.45) is 1.25. The largest absolute Gasteiger partial charge is 0.397 e. The number of benzene rings is 1. The molecule has 0 unspecified atom stereocenters. The standard InChI is InChI=1S/C7H8O.2C3H8O2.C3H8.C2H6O.C2H6/c8-6-7-4-2-1-3-5-7;2*1-2-5-3-4;1-3-2;1-2-3;1-2/h1-5,8H,6H2;2*4H,2-3H2,1H3;3H2,1-2H3;3H,2H2,1H3;1-2H3. The van der Waals surface area contributed by atoms with Crippen molar-refractivity contribution < 1.29 is 29.9 Å². The topological polar surface area (TPSA) is 99.4 Å². The fourth-order valence-electron chi connectivity index (χ4n) is 0.766. The Bertz CT molecular complexity index is 246. The van der Waals surface area contributed by atoms with Crippen LogP contribution in [0.1, 0.15) is 60.5 Å². The fraction of sp³-hybridized carbons (Fsp3) is 0.700. The van der Waals surface area contributed by atoms with Crippen molar-refractivity contribution in [1.82, 2.24) is 0 Å². The second-order valence-corrected chi connectivity index (χ2v) is 3.91. The first-order valence-electron chi connectivity index (χ1n) is 9.22. The molecule has 0 aliphatic heterocycles. The number of hydrogen-bond acceptors (Lipinski definition) is 6. The van der Waals surface area contributed by atoms with Gasteiger partial charge in [0.25, 0.3) is 0 Å². The Balaban J connectivity index is -0.0000000729. The van der Waals surface area contributed by atoms with Gasteiger partial charge in [-0.2, -0.15) is 0 Å². The molecule has 0 amide bonds.